The van der Waals surface area contributed by atoms with Gasteiger partial charge in [-0.3, -0.25) is 14.1 Å². The number of aliphatic imine (C=N–C) groups is 1. The molecule has 0 radical (unpaired) electrons. The Morgan fingerprint density at radius 2 is 1.88 bits per heavy atom. The van der Waals surface area contributed by atoms with E-state index in [2.05, 4.69) is 11.1 Å². The molecule has 33 heavy (non-hydrogen) atoms. The van der Waals surface area contributed by atoms with Gasteiger partial charge in [0.25, 0.3) is 5.91 Å². The molecule has 4 aromatic rings. The molecule has 0 bridgehead atoms. The first-order valence-electron chi connectivity index (χ1n) is 10.4. The lowest BCUT2D eigenvalue weighted by Gasteiger charge is -2.19. The molecule has 1 aliphatic rings. The van der Waals surface area contributed by atoms with Crippen LogP contribution in [0.3, 0.4) is 0 Å². The maximum Gasteiger partial charge on any atom is 0.283 e. The lowest BCUT2D eigenvalue weighted by atomic mass is 10.1. The molecule has 166 valence electrons. The Morgan fingerprint density at radius 1 is 1.12 bits per heavy atom. The number of hydrogen-bond acceptors (Lipinski definition) is 6. The van der Waals surface area contributed by atoms with Crippen LogP contribution in [-0.4, -0.2) is 27.6 Å². The zero-order valence-corrected chi connectivity index (χ0v) is 20.1. The molecule has 6 nitrogen and oxygen atoms in total. The van der Waals surface area contributed by atoms with E-state index in [-0.39, 0.29) is 5.91 Å². The molecule has 3 heterocycles. The number of carbonyl (C=O) groups is 1. The molecule has 0 saturated heterocycles. The number of thiazole rings is 1. The van der Waals surface area contributed by atoms with Crippen LogP contribution >= 0.6 is 23.1 Å². The summed E-state index contributed by atoms with van der Waals surface area (Å²) in [6.07, 6.45) is 5.83. The number of benzene rings is 2. The maximum absolute atomic E-state index is 13.5. The average molecular weight is 475 g/mol. The summed E-state index contributed by atoms with van der Waals surface area (Å²) in [5.41, 5.74) is 5.28. The van der Waals surface area contributed by atoms with Gasteiger partial charge in [-0.1, -0.05) is 30.0 Å². The smallest absolute Gasteiger partial charge is 0.283 e. The maximum atomic E-state index is 13.5. The SMILES string of the molecule is COc1ccc(/C=C2\N=C(SCc3cn4ccsc4n3)N(c3cc(C)cc(C)c3)C2=O)cc1. The van der Waals surface area contributed by atoms with Crippen molar-refractivity contribution in [2.45, 2.75) is 19.6 Å². The highest BCUT2D eigenvalue weighted by atomic mass is 32.2. The fourth-order valence-corrected chi connectivity index (χ4v) is 5.36. The Kier molecular flexibility index (Phi) is 5.78. The van der Waals surface area contributed by atoms with Crippen LogP contribution in [0, 0.1) is 13.8 Å². The highest BCUT2D eigenvalue weighted by molar-refractivity contribution is 8.13. The van der Waals surface area contributed by atoms with E-state index in [1.807, 2.05) is 78.5 Å². The Bertz CT molecular complexity index is 1350. The van der Waals surface area contributed by atoms with E-state index in [1.54, 1.807) is 23.3 Å². The van der Waals surface area contributed by atoms with Crippen molar-refractivity contribution in [1.82, 2.24) is 9.38 Å². The largest absolute Gasteiger partial charge is 0.497 e. The van der Waals surface area contributed by atoms with Gasteiger partial charge in [-0.25, -0.2) is 9.98 Å². The summed E-state index contributed by atoms with van der Waals surface area (Å²) in [6.45, 7) is 4.07. The fraction of sp³-hybridized carbons (Fsp3) is 0.160. The number of hydrogen-bond donors (Lipinski definition) is 0. The molecule has 5 rings (SSSR count). The second-order valence-electron chi connectivity index (χ2n) is 7.80. The summed E-state index contributed by atoms with van der Waals surface area (Å²) in [5, 5.41) is 2.66. The molecular weight excluding hydrogens is 452 g/mol. The second-order valence-corrected chi connectivity index (χ2v) is 9.61. The standard InChI is InChI=1S/C25H22N4O2S2/c1-16-10-17(2)12-20(11-16)29-23(30)22(13-18-4-6-21(31-3)7-5-18)27-25(29)33-15-19-14-28-8-9-32-24(28)26-19/h4-14H,15H2,1-3H3/b22-13-. The number of ether oxygens (including phenoxy) is 1. The number of methoxy groups -OCH3 is 1. The predicted molar refractivity (Wildman–Crippen MR) is 136 cm³/mol. The zero-order chi connectivity index (χ0) is 22.9. The molecule has 0 aliphatic carbocycles. The highest BCUT2D eigenvalue weighted by Gasteiger charge is 2.32. The van der Waals surface area contributed by atoms with Crippen molar-refractivity contribution in [2.75, 3.05) is 12.0 Å². The number of aryl methyl sites for hydroxylation is 2. The molecule has 0 atom stereocenters. The molecule has 0 fully saturated rings. The van der Waals surface area contributed by atoms with Gasteiger partial charge < -0.3 is 4.74 Å². The number of amides is 1. The first-order valence-corrected chi connectivity index (χ1v) is 12.3. The molecule has 1 amide bonds. The van der Waals surface area contributed by atoms with Crippen molar-refractivity contribution in [2.24, 2.45) is 4.99 Å². The van der Waals surface area contributed by atoms with Gasteiger partial charge in [0, 0.05) is 23.5 Å². The topological polar surface area (TPSA) is 59.2 Å². The number of anilines is 1. The summed E-state index contributed by atoms with van der Waals surface area (Å²) < 4.78 is 7.24. The Labute approximate surface area is 200 Å². The van der Waals surface area contributed by atoms with Gasteiger partial charge in [-0.05, 0) is 60.9 Å². The van der Waals surface area contributed by atoms with Crippen LogP contribution in [0.25, 0.3) is 11.0 Å². The Hall–Kier alpha value is -3.36. The number of fused-ring (bicyclic) bond motifs is 1. The lowest BCUT2D eigenvalue weighted by Crippen LogP contribution is -2.30. The second kappa shape index (κ2) is 8.88. The van der Waals surface area contributed by atoms with Gasteiger partial charge >= 0.3 is 0 Å². The monoisotopic (exact) mass is 474 g/mol. The van der Waals surface area contributed by atoms with E-state index >= 15 is 0 Å². The molecule has 0 spiro atoms. The van der Waals surface area contributed by atoms with Crippen LogP contribution in [0.1, 0.15) is 22.4 Å². The van der Waals surface area contributed by atoms with Crippen molar-refractivity contribution in [1.29, 1.82) is 0 Å². The molecule has 0 N–H and O–H groups in total. The zero-order valence-electron chi connectivity index (χ0n) is 18.5. The fourth-order valence-electron chi connectivity index (χ4n) is 3.74. The Morgan fingerprint density at radius 3 is 2.58 bits per heavy atom. The summed E-state index contributed by atoms with van der Waals surface area (Å²) in [7, 11) is 1.63. The molecule has 2 aromatic carbocycles. The third-order valence-electron chi connectivity index (χ3n) is 5.21. The summed E-state index contributed by atoms with van der Waals surface area (Å²) in [6, 6.07) is 13.7. The van der Waals surface area contributed by atoms with Gasteiger partial charge in [0.15, 0.2) is 10.1 Å². The summed E-state index contributed by atoms with van der Waals surface area (Å²) in [5.74, 6) is 1.26. The predicted octanol–water partition coefficient (Wildman–Crippen LogP) is 5.70. The van der Waals surface area contributed by atoms with Gasteiger partial charge in [0.1, 0.15) is 11.4 Å². The van der Waals surface area contributed by atoms with Crippen LogP contribution in [0.5, 0.6) is 5.75 Å². The van der Waals surface area contributed by atoms with Crippen molar-refractivity contribution in [3.63, 3.8) is 0 Å². The van der Waals surface area contributed by atoms with Crippen molar-refractivity contribution in [3.05, 3.63) is 88.3 Å². The van der Waals surface area contributed by atoms with Crippen LogP contribution in [0.2, 0.25) is 0 Å². The van der Waals surface area contributed by atoms with Crippen LogP contribution in [0.4, 0.5) is 5.69 Å². The van der Waals surface area contributed by atoms with Crippen molar-refractivity contribution >= 4 is 50.9 Å². The number of carbonyl (C=O) groups excluding carboxylic acids is 1. The van der Waals surface area contributed by atoms with E-state index in [4.69, 9.17) is 9.73 Å². The molecule has 8 heteroatoms. The third-order valence-corrected chi connectivity index (χ3v) is 6.95. The minimum Gasteiger partial charge on any atom is -0.497 e. The van der Waals surface area contributed by atoms with Gasteiger partial charge in [-0.2, -0.15) is 0 Å². The first kappa shape index (κ1) is 21.5. The van der Waals surface area contributed by atoms with Crippen LogP contribution in [-0.2, 0) is 10.5 Å². The number of amidine groups is 1. The normalized spacial score (nSPS) is 15.0. The molecule has 2 aromatic heterocycles. The number of rotatable bonds is 5. The first-order chi connectivity index (χ1) is 16.0. The highest BCUT2D eigenvalue weighted by Crippen LogP contribution is 2.32. The molecule has 0 saturated carbocycles. The van der Waals surface area contributed by atoms with E-state index in [0.29, 0.717) is 16.6 Å². The molecular formula is C25H22N4O2S2. The Balaban J connectivity index is 1.48. The van der Waals surface area contributed by atoms with Gasteiger partial charge in [-0.15, -0.1) is 11.3 Å². The number of imidazole rings is 1. The van der Waals surface area contributed by atoms with Crippen LogP contribution < -0.4 is 9.64 Å². The molecule has 0 unspecified atom stereocenters. The lowest BCUT2D eigenvalue weighted by molar-refractivity contribution is -0.113. The van der Waals surface area contributed by atoms with Gasteiger partial charge in [0.2, 0.25) is 0 Å². The number of nitrogens with zero attached hydrogens (tertiary/aromatic N) is 4. The minimum absolute atomic E-state index is 0.135. The quantitative estimate of drug-likeness (QED) is 0.348. The van der Waals surface area contributed by atoms with E-state index < -0.39 is 0 Å². The van der Waals surface area contributed by atoms with E-state index in [1.165, 1.54) is 11.8 Å². The molecule has 1 aliphatic heterocycles. The van der Waals surface area contributed by atoms with Crippen molar-refractivity contribution < 1.29 is 9.53 Å². The third kappa shape index (κ3) is 4.44. The number of thioether (sulfide) groups is 1. The number of aromatic nitrogens is 2. The summed E-state index contributed by atoms with van der Waals surface area (Å²) >= 11 is 3.12. The van der Waals surface area contributed by atoms with Crippen LogP contribution in [0.15, 0.2) is 70.9 Å². The minimum atomic E-state index is -0.135. The van der Waals surface area contributed by atoms with E-state index in [0.717, 1.165) is 38.8 Å². The van der Waals surface area contributed by atoms with E-state index in [9.17, 15) is 4.79 Å². The van der Waals surface area contributed by atoms with Crippen molar-refractivity contribution in [3.8, 4) is 5.75 Å². The average Bonchev–Trinajstić information content (AvgIpc) is 3.46. The van der Waals surface area contributed by atoms with Gasteiger partial charge in [0.05, 0.1) is 18.5 Å². The summed E-state index contributed by atoms with van der Waals surface area (Å²) in [4.78, 5) is 25.5.